The van der Waals surface area contributed by atoms with Crippen LogP contribution in [0.4, 0.5) is 0 Å². The van der Waals surface area contributed by atoms with Gasteiger partial charge in [0.1, 0.15) is 11.6 Å². The van der Waals surface area contributed by atoms with E-state index in [2.05, 4.69) is 22.4 Å². The van der Waals surface area contributed by atoms with Crippen LogP contribution in [-0.2, 0) is 17.7 Å². The van der Waals surface area contributed by atoms with Gasteiger partial charge in [0.15, 0.2) is 5.84 Å². The molecule has 1 aliphatic heterocycles. The Hall–Kier alpha value is -4.96. The topological polar surface area (TPSA) is 115 Å². The Kier molecular flexibility index (Phi) is 7.69. The Morgan fingerprint density at radius 3 is 2.40 bits per heavy atom. The minimum atomic E-state index is -1.16. The average molecular weight is 579 g/mol. The van der Waals surface area contributed by atoms with Gasteiger partial charge in [0.2, 0.25) is 5.78 Å². The summed E-state index contributed by atoms with van der Waals surface area (Å²) in [6.45, 7) is 7.89. The van der Waals surface area contributed by atoms with Gasteiger partial charge in [-0.1, -0.05) is 67.0 Å². The lowest BCUT2D eigenvalue weighted by Gasteiger charge is -2.16. The number of aliphatic hydroxyl groups excluding tert-OH is 1. The normalized spacial score (nSPS) is 14.6. The van der Waals surface area contributed by atoms with Gasteiger partial charge in [0.05, 0.1) is 17.5 Å². The highest BCUT2D eigenvalue weighted by molar-refractivity contribution is 6.04. The number of aliphatic hydroxyl groups is 1. The fourth-order valence-corrected chi connectivity index (χ4v) is 5.40. The second-order valence-corrected chi connectivity index (χ2v) is 10.8. The van der Waals surface area contributed by atoms with Crippen LogP contribution in [-0.4, -0.2) is 42.6 Å². The maximum Gasteiger partial charge on any atom is 0.304 e. The molecule has 43 heavy (non-hydrogen) atoms. The van der Waals surface area contributed by atoms with E-state index in [4.69, 9.17) is 14.7 Å². The Labute approximate surface area is 249 Å². The molecule has 0 aliphatic carbocycles. The average Bonchev–Trinajstić information content (AvgIpc) is 3.61. The van der Waals surface area contributed by atoms with Crippen LogP contribution in [0, 0.1) is 6.92 Å². The molecule has 0 saturated heterocycles. The van der Waals surface area contributed by atoms with Gasteiger partial charge in [-0.15, -0.1) is 0 Å². The maximum atomic E-state index is 14.3. The number of nitrogens with one attached hydrogen (secondary N) is 1. The molecule has 0 bridgehead atoms. The van der Waals surface area contributed by atoms with Gasteiger partial charge in [-0.3, -0.25) is 4.79 Å². The zero-order valence-electron chi connectivity index (χ0n) is 24.6. The summed E-state index contributed by atoms with van der Waals surface area (Å²) < 4.78 is 9.28. The summed E-state index contributed by atoms with van der Waals surface area (Å²) in [5, 5.41) is 21.2. The lowest BCUT2D eigenvalue weighted by atomic mass is 9.96. The SMILES string of the molecule is CCCc1c(Cc2ccc(-c3ccccc3C3=NOC(O)N3)cc2)c(=O)n(-c2ccc(OC(C)C)cc2)c2nc(C)nn12. The first-order valence-corrected chi connectivity index (χ1v) is 14.5. The van der Waals surface area contributed by atoms with Crippen molar-refractivity contribution in [3.63, 3.8) is 0 Å². The third-order valence-electron chi connectivity index (χ3n) is 7.25. The van der Waals surface area contributed by atoms with E-state index in [1.165, 1.54) is 0 Å². The number of nitrogens with zero attached hydrogens (tertiary/aromatic N) is 5. The number of ether oxygens (including phenoxy) is 1. The fraction of sp³-hybridized carbons (Fsp3) is 0.273. The number of rotatable bonds is 9. The second-order valence-electron chi connectivity index (χ2n) is 10.8. The van der Waals surface area contributed by atoms with Crippen LogP contribution in [0.5, 0.6) is 5.75 Å². The van der Waals surface area contributed by atoms with Crippen molar-refractivity contribution < 1.29 is 14.7 Å². The Balaban J connectivity index is 1.40. The molecule has 3 heterocycles. The highest BCUT2D eigenvalue weighted by atomic mass is 16.7. The monoisotopic (exact) mass is 578 g/mol. The molecule has 5 aromatic rings. The summed E-state index contributed by atoms with van der Waals surface area (Å²) in [5.41, 5.74) is 5.87. The van der Waals surface area contributed by atoms with Gasteiger partial charge in [0.25, 0.3) is 5.56 Å². The smallest absolute Gasteiger partial charge is 0.304 e. The molecule has 0 amide bonds. The lowest BCUT2D eigenvalue weighted by Crippen LogP contribution is -2.29. The molecule has 6 rings (SSSR count). The number of amidine groups is 1. The highest BCUT2D eigenvalue weighted by Crippen LogP contribution is 2.27. The summed E-state index contributed by atoms with van der Waals surface area (Å²) in [6.07, 6.45) is 0.879. The molecule has 3 aromatic carbocycles. The van der Waals surface area contributed by atoms with Gasteiger partial charge >= 0.3 is 6.41 Å². The van der Waals surface area contributed by atoms with Crippen LogP contribution in [0.2, 0.25) is 0 Å². The van der Waals surface area contributed by atoms with E-state index in [9.17, 15) is 9.90 Å². The van der Waals surface area contributed by atoms with E-state index < -0.39 is 6.41 Å². The number of hydrogen-bond acceptors (Lipinski definition) is 8. The molecule has 1 unspecified atom stereocenters. The number of aromatic nitrogens is 4. The number of hydrogen-bond donors (Lipinski definition) is 2. The van der Waals surface area contributed by atoms with E-state index in [1.54, 1.807) is 4.57 Å². The third kappa shape index (κ3) is 5.61. The van der Waals surface area contributed by atoms with Crippen LogP contribution >= 0.6 is 0 Å². The van der Waals surface area contributed by atoms with E-state index in [0.29, 0.717) is 41.5 Å². The first-order chi connectivity index (χ1) is 20.8. The van der Waals surface area contributed by atoms with Crippen molar-refractivity contribution in [2.75, 3.05) is 0 Å². The van der Waals surface area contributed by atoms with Crippen LogP contribution in [0.15, 0.2) is 82.7 Å². The van der Waals surface area contributed by atoms with Gasteiger partial charge in [-0.2, -0.15) is 10.1 Å². The summed E-state index contributed by atoms with van der Waals surface area (Å²) in [5.74, 6) is 2.31. The molecule has 0 radical (unpaired) electrons. The van der Waals surface area contributed by atoms with Crippen molar-refractivity contribution in [1.29, 1.82) is 0 Å². The maximum absolute atomic E-state index is 14.3. The van der Waals surface area contributed by atoms with Crippen molar-refractivity contribution in [1.82, 2.24) is 24.5 Å². The van der Waals surface area contributed by atoms with Gasteiger partial charge in [-0.25, -0.2) is 9.08 Å². The second kappa shape index (κ2) is 11.7. The summed E-state index contributed by atoms with van der Waals surface area (Å²) in [6, 6.07) is 23.4. The fourth-order valence-electron chi connectivity index (χ4n) is 5.40. The van der Waals surface area contributed by atoms with E-state index >= 15 is 0 Å². The standard InChI is InChI=1S/C33H34N6O4/c1-5-8-29-28(19-22-11-13-23(14-12-22)26-9-6-7-10-27(26)30-35-33(41)43-37-30)31(40)38(32-34-21(4)36-39(29)32)24-15-17-25(18-16-24)42-20(2)3/h6-7,9-18,20,33,41H,5,8,19H2,1-4H3,(H,35,37). The zero-order valence-corrected chi connectivity index (χ0v) is 24.6. The molecule has 0 spiro atoms. The third-order valence-corrected chi connectivity index (χ3v) is 7.25. The summed E-state index contributed by atoms with van der Waals surface area (Å²) in [7, 11) is 0. The molecule has 1 aliphatic rings. The van der Waals surface area contributed by atoms with Crippen LogP contribution in [0.1, 0.15) is 55.4 Å². The Morgan fingerprint density at radius 1 is 1.02 bits per heavy atom. The molecule has 2 N–H and O–H groups in total. The molecule has 0 fully saturated rings. The number of fused-ring (bicyclic) bond motifs is 1. The Bertz CT molecular complexity index is 1860. The van der Waals surface area contributed by atoms with Crippen molar-refractivity contribution in [2.45, 2.75) is 59.5 Å². The predicted molar refractivity (Wildman–Crippen MR) is 165 cm³/mol. The molecule has 10 heteroatoms. The minimum absolute atomic E-state index is 0.0502. The number of benzene rings is 3. The first-order valence-electron chi connectivity index (χ1n) is 14.5. The van der Waals surface area contributed by atoms with Gasteiger partial charge < -0.3 is 20.0 Å². The first kappa shape index (κ1) is 28.2. The highest BCUT2D eigenvalue weighted by Gasteiger charge is 2.22. The minimum Gasteiger partial charge on any atom is -0.491 e. The van der Waals surface area contributed by atoms with Crippen LogP contribution in [0.3, 0.4) is 0 Å². The number of aryl methyl sites for hydroxylation is 2. The van der Waals surface area contributed by atoms with E-state index in [1.807, 2.05) is 98.1 Å². The molecule has 2 aromatic heterocycles. The van der Waals surface area contributed by atoms with Gasteiger partial charge in [0, 0.05) is 17.5 Å². The van der Waals surface area contributed by atoms with E-state index in [-0.39, 0.29) is 11.7 Å². The quantitative estimate of drug-likeness (QED) is 0.260. The van der Waals surface area contributed by atoms with E-state index in [0.717, 1.165) is 40.1 Å². The molecule has 220 valence electrons. The lowest BCUT2D eigenvalue weighted by molar-refractivity contribution is -0.0896. The summed E-state index contributed by atoms with van der Waals surface area (Å²) >= 11 is 0. The molecule has 0 saturated carbocycles. The van der Waals surface area contributed by atoms with Crippen molar-refractivity contribution in [2.24, 2.45) is 5.16 Å². The zero-order chi connectivity index (χ0) is 30.1. The van der Waals surface area contributed by atoms with Crippen molar-refractivity contribution in [3.05, 3.63) is 111 Å². The molecule has 1 atom stereocenters. The summed E-state index contributed by atoms with van der Waals surface area (Å²) in [4.78, 5) is 23.8. The largest absolute Gasteiger partial charge is 0.491 e. The predicted octanol–water partition coefficient (Wildman–Crippen LogP) is 4.74. The van der Waals surface area contributed by atoms with Crippen LogP contribution in [0.25, 0.3) is 22.6 Å². The molecular weight excluding hydrogens is 544 g/mol. The van der Waals surface area contributed by atoms with Crippen molar-refractivity contribution >= 4 is 11.6 Å². The van der Waals surface area contributed by atoms with Crippen molar-refractivity contribution in [3.8, 4) is 22.6 Å². The Morgan fingerprint density at radius 2 is 1.74 bits per heavy atom. The van der Waals surface area contributed by atoms with Gasteiger partial charge in [-0.05, 0) is 68.1 Å². The molecule has 10 nitrogen and oxygen atoms in total. The number of oxime groups is 1. The molecular formula is C33H34N6O4. The van der Waals surface area contributed by atoms with Crippen LogP contribution < -0.4 is 15.6 Å².